The Bertz CT molecular complexity index is 1340. The van der Waals surface area contributed by atoms with E-state index in [0.29, 0.717) is 16.7 Å². The predicted molar refractivity (Wildman–Crippen MR) is 122 cm³/mol. The second kappa shape index (κ2) is 8.89. The Labute approximate surface area is 183 Å². The molecule has 32 heavy (non-hydrogen) atoms. The molecule has 0 saturated carbocycles. The number of nitrogens with zero attached hydrogens (tertiary/aromatic N) is 2. The zero-order valence-corrected chi connectivity index (χ0v) is 17.6. The highest BCUT2D eigenvalue weighted by molar-refractivity contribution is 6.03. The molecule has 1 amide bonds. The van der Waals surface area contributed by atoms with Gasteiger partial charge in [0.2, 0.25) is 0 Å². The average molecular weight is 431 g/mol. The van der Waals surface area contributed by atoms with Crippen LogP contribution >= 0.6 is 0 Å². The van der Waals surface area contributed by atoms with Crippen molar-refractivity contribution in [1.29, 1.82) is 0 Å². The zero-order valence-electron chi connectivity index (χ0n) is 17.6. The first-order valence-corrected chi connectivity index (χ1v) is 10.2. The van der Waals surface area contributed by atoms with Gasteiger partial charge < -0.3 is 9.15 Å². The Morgan fingerprint density at radius 3 is 2.78 bits per heavy atom. The fourth-order valence-corrected chi connectivity index (χ4v) is 3.28. The molecule has 0 radical (unpaired) electrons. The van der Waals surface area contributed by atoms with Crippen LogP contribution in [-0.4, -0.2) is 23.1 Å². The van der Waals surface area contributed by atoms with E-state index < -0.39 is 10.8 Å². The van der Waals surface area contributed by atoms with E-state index >= 15 is 0 Å². The van der Waals surface area contributed by atoms with Crippen molar-refractivity contribution < 1.29 is 18.9 Å². The molecule has 1 atom stereocenters. The van der Waals surface area contributed by atoms with Crippen LogP contribution in [-0.2, 0) is 0 Å². The minimum absolute atomic E-state index is 0.00615. The fraction of sp³-hybridized carbons (Fsp3) is 0.167. The van der Waals surface area contributed by atoms with Gasteiger partial charge in [-0.05, 0) is 42.3 Å². The van der Waals surface area contributed by atoms with E-state index in [1.54, 1.807) is 6.21 Å². The lowest BCUT2D eigenvalue weighted by molar-refractivity contribution is -0.384. The number of benzene rings is 3. The van der Waals surface area contributed by atoms with Crippen molar-refractivity contribution in [1.82, 2.24) is 5.43 Å². The quantitative estimate of drug-likeness (QED) is 0.238. The molecule has 0 fully saturated rings. The third-order valence-corrected chi connectivity index (χ3v) is 5.13. The van der Waals surface area contributed by atoms with Gasteiger partial charge in [-0.15, -0.1) is 0 Å². The van der Waals surface area contributed by atoms with Gasteiger partial charge in [-0.25, -0.2) is 5.43 Å². The van der Waals surface area contributed by atoms with Crippen LogP contribution in [0.15, 0.2) is 70.2 Å². The summed E-state index contributed by atoms with van der Waals surface area (Å²) < 4.78 is 11.5. The van der Waals surface area contributed by atoms with E-state index in [9.17, 15) is 14.9 Å². The summed E-state index contributed by atoms with van der Waals surface area (Å²) in [5, 5.41) is 17.5. The van der Waals surface area contributed by atoms with Gasteiger partial charge in [-0.3, -0.25) is 14.9 Å². The first kappa shape index (κ1) is 21.0. The molecule has 162 valence electrons. The van der Waals surface area contributed by atoms with E-state index in [4.69, 9.17) is 9.15 Å². The monoisotopic (exact) mass is 431 g/mol. The smallest absolute Gasteiger partial charge is 0.307 e. The Kier molecular flexibility index (Phi) is 5.85. The Morgan fingerprint density at radius 2 is 2.00 bits per heavy atom. The molecule has 1 N–H and O–H groups in total. The molecule has 0 aliphatic heterocycles. The maximum absolute atomic E-state index is 12.5. The lowest BCUT2D eigenvalue weighted by Crippen LogP contribution is -2.17. The number of non-ortho nitro benzene ring substituents is 1. The molecule has 1 heterocycles. The molecule has 0 spiro atoms. The molecule has 4 aromatic rings. The summed E-state index contributed by atoms with van der Waals surface area (Å²) in [4.78, 5) is 22.9. The van der Waals surface area contributed by atoms with E-state index in [0.717, 1.165) is 22.8 Å². The number of fused-ring (bicyclic) bond motifs is 2. The largest absolute Gasteiger partial charge is 0.490 e. The molecule has 8 nitrogen and oxygen atoms in total. The van der Waals surface area contributed by atoms with Crippen molar-refractivity contribution in [3.63, 3.8) is 0 Å². The SMILES string of the molecule is CC[C@H](C)Oc1ccc2ccccc2c1/C=N\NC(=O)c1cc2cc([N+](=O)[O-])ccc2o1. The minimum Gasteiger partial charge on any atom is -0.490 e. The van der Waals surface area contributed by atoms with Gasteiger partial charge in [0.15, 0.2) is 5.76 Å². The number of hydrazone groups is 1. The third-order valence-electron chi connectivity index (χ3n) is 5.13. The lowest BCUT2D eigenvalue weighted by atomic mass is 10.0. The number of furan rings is 1. The summed E-state index contributed by atoms with van der Waals surface area (Å²) in [7, 11) is 0. The molecule has 0 saturated heterocycles. The van der Waals surface area contributed by atoms with Crippen LogP contribution in [0.1, 0.15) is 36.4 Å². The molecule has 8 heteroatoms. The van der Waals surface area contributed by atoms with Gasteiger partial charge in [0.25, 0.3) is 5.69 Å². The van der Waals surface area contributed by atoms with Crippen molar-refractivity contribution in [3.8, 4) is 5.75 Å². The van der Waals surface area contributed by atoms with Gasteiger partial charge >= 0.3 is 5.91 Å². The van der Waals surface area contributed by atoms with Crippen molar-refractivity contribution in [2.75, 3.05) is 0 Å². The molecule has 1 aromatic heterocycles. The van der Waals surface area contributed by atoms with Gasteiger partial charge in [0.05, 0.1) is 17.2 Å². The Hall–Kier alpha value is -4.20. The van der Waals surface area contributed by atoms with E-state index in [-0.39, 0.29) is 17.6 Å². The van der Waals surface area contributed by atoms with Gasteiger partial charge in [0, 0.05) is 23.1 Å². The normalized spacial score (nSPS) is 12.3. The summed E-state index contributed by atoms with van der Waals surface area (Å²) in [6, 6.07) is 17.3. The zero-order chi connectivity index (χ0) is 22.7. The van der Waals surface area contributed by atoms with E-state index in [2.05, 4.69) is 10.5 Å². The minimum atomic E-state index is -0.565. The summed E-state index contributed by atoms with van der Waals surface area (Å²) >= 11 is 0. The van der Waals surface area contributed by atoms with Gasteiger partial charge in [0.1, 0.15) is 11.3 Å². The molecule has 4 rings (SSSR count). The van der Waals surface area contributed by atoms with Crippen LogP contribution in [0.4, 0.5) is 5.69 Å². The average Bonchev–Trinajstić information content (AvgIpc) is 3.23. The highest BCUT2D eigenvalue weighted by atomic mass is 16.6. The maximum Gasteiger partial charge on any atom is 0.307 e. The molecule has 0 bridgehead atoms. The number of ether oxygens (including phenoxy) is 1. The lowest BCUT2D eigenvalue weighted by Gasteiger charge is -2.16. The third kappa shape index (κ3) is 4.29. The number of amides is 1. The van der Waals surface area contributed by atoms with Crippen molar-refractivity contribution in [3.05, 3.63) is 82.1 Å². The number of nitro benzene ring substituents is 1. The molecule has 3 aromatic carbocycles. The molecule has 0 unspecified atom stereocenters. The summed E-state index contributed by atoms with van der Waals surface area (Å²) in [5.74, 6) is 0.114. The number of hydrogen-bond donors (Lipinski definition) is 1. The van der Waals surface area contributed by atoms with E-state index in [1.807, 2.05) is 50.2 Å². The van der Waals surface area contributed by atoms with Crippen LogP contribution in [0.2, 0.25) is 0 Å². The number of nitro groups is 1. The molecule has 0 aliphatic carbocycles. The second-order valence-corrected chi connectivity index (χ2v) is 7.32. The Balaban J connectivity index is 1.59. The van der Waals surface area contributed by atoms with Crippen LogP contribution in [0.3, 0.4) is 0 Å². The Morgan fingerprint density at radius 1 is 1.19 bits per heavy atom. The van der Waals surface area contributed by atoms with E-state index in [1.165, 1.54) is 24.3 Å². The molecular formula is C24H21N3O5. The van der Waals surface area contributed by atoms with Crippen molar-refractivity contribution >= 4 is 39.6 Å². The summed E-state index contributed by atoms with van der Waals surface area (Å²) in [6.07, 6.45) is 2.42. The highest BCUT2D eigenvalue weighted by Crippen LogP contribution is 2.28. The van der Waals surface area contributed by atoms with Crippen molar-refractivity contribution in [2.24, 2.45) is 5.10 Å². The number of nitrogens with one attached hydrogen (secondary N) is 1. The standard InChI is InChI=1S/C24H21N3O5/c1-3-15(2)31-22-10-8-16-6-4-5-7-19(16)20(22)14-25-26-24(28)23-13-17-12-18(27(29)30)9-11-21(17)32-23/h4-15H,3H2,1-2H3,(H,26,28)/b25-14-/t15-/m0/s1. The number of carbonyl (C=O) groups is 1. The highest BCUT2D eigenvalue weighted by Gasteiger charge is 2.15. The van der Waals surface area contributed by atoms with Crippen LogP contribution in [0, 0.1) is 10.1 Å². The fourth-order valence-electron chi connectivity index (χ4n) is 3.28. The number of carbonyl (C=O) groups excluding carboxylic acids is 1. The summed E-state index contributed by atoms with van der Waals surface area (Å²) in [6.45, 7) is 4.03. The second-order valence-electron chi connectivity index (χ2n) is 7.32. The van der Waals surface area contributed by atoms with Gasteiger partial charge in [-0.2, -0.15) is 5.10 Å². The predicted octanol–water partition coefficient (Wildman–Crippen LogP) is 5.44. The van der Waals surface area contributed by atoms with Crippen molar-refractivity contribution in [2.45, 2.75) is 26.4 Å². The van der Waals surface area contributed by atoms with Crippen LogP contribution in [0.25, 0.3) is 21.7 Å². The number of hydrogen-bond acceptors (Lipinski definition) is 6. The number of rotatable bonds is 7. The molecular weight excluding hydrogens is 410 g/mol. The van der Waals surface area contributed by atoms with Gasteiger partial charge in [-0.1, -0.05) is 37.3 Å². The summed E-state index contributed by atoms with van der Waals surface area (Å²) in [5.41, 5.74) is 3.51. The topological polar surface area (TPSA) is 107 Å². The van der Waals surface area contributed by atoms with Crippen LogP contribution < -0.4 is 10.2 Å². The van der Waals surface area contributed by atoms with Crippen LogP contribution in [0.5, 0.6) is 5.75 Å². The first-order valence-electron chi connectivity index (χ1n) is 10.2. The first-order chi connectivity index (χ1) is 15.5. The maximum atomic E-state index is 12.5. The molecule has 0 aliphatic rings.